The van der Waals surface area contributed by atoms with Crippen molar-refractivity contribution in [2.45, 2.75) is 31.9 Å². The summed E-state index contributed by atoms with van der Waals surface area (Å²) in [5.41, 5.74) is 4.01. The molecule has 4 rings (SSSR count). The van der Waals surface area contributed by atoms with E-state index in [9.17, 15) is 5.11 Å². The maximum atomic E-state index is 9.39. The standard InChI is InChI=1S/C15H19N5O2/c21-7-14-11-6-20(3-1-12(11)18-19-14)15-5-13(16-9-17-15)10-2-4-22-8-10/h5,9-10,21H,1-4,6-8H2,(H,18,19). The molecule has 1 unspecified atom stereocenters. The Labute approximate surface area is 128 Å². The zero-order valence-electron chi connectivity index (χ0n) is 12.3. The molecule has 4 heterocycles. The normalized spacial score (nSPS) is 21.1. The molecule has 2 aliphatic heterocycles. The van der Waals surface area contributed by atoms with E-state index in [1.54, 1.807) is 6.33 Å². The van der Waals surface area contributed by atoms with Crippen molar-refractivity contribution in [1.29, 1.82) is 0 Å². The van der Waals surface area contributed by atoms with Gasteiger partial charge in [0.1, 0.15) is 12.1 Å². The first-order valence-corrected chi connectivity index (χ1v) is 7.65. The van der Waals surface area contributed by atoms with E-state index in [1.165, 1.54) is 0 Å². The lowest BCUT2D eigenvalue weighted by Crippen LogP contribution is -2.31. The fraction of sp³-hybridized carbons (Fsp3) is 0.533. The third-order valence-electron chi connectivity index (χ3n) is 4.51. The molecular formula is C15H19N5O2. The number of fused-ring (bicyclic) bond motifs is 1. The number of hydrogen-bond donors (Lipinski definition) is 2. The Balaban J connectivity index is 1.59. The Hall–Kier alpha value is -1.99. The second-order valence-corrected chi connectivity index (χ2v) is 5.82. The highest BCUT2D eigenvalue weighted by Gasteiger charge is 2.24. The SMILES string of the molecule is OCc1n[nH]c2c1CN(c1cc(C3CCOC3)ncn1)CC2. The maximum absolute atomic E-state index is 9.39. The third-order valence-corrected chi connectivity index (χ3v) is 4.51. The molecule has 2 aromatic heterocycles. The summed E-state index contributed by atoms with van der Waals surface area (Å²) in [4.78, 5) is 11.1. The topological polar surface area (TPSA) is 87.2 Å². The molecule has 0 aliphatic carbocycles. The highest BCUT2D eigenvalue weighted by molar-refractivity contribution is 5.44. The number of aromatic amines is 1. The van der Waals surface area contributed by atoms with Crippen molar-refractivity contribution in [2.24, 2.45) is 0 Å². The summed E-state index contributed by atoms with van der Waals surface area (Å²) in [6, 6.07) is 2.07. The molecule has 0 aromatic carbocycles. The number of ether oxygens (including phenoxy) is 1. The Morgan fingerprint density at radius 2 is 2.36 bits per heavy atom. The minimum atomic E-state index is -0.0336. The van der Waals surface area contributed by atoms with E-state index in [0.29, 0.717) is 5.92 Å². The van der Waals surface area contributed by atoms with Gasteiger partial charge in [0.2, 0.25) is 0 Å². The van der Waals surface area contributed by atoms with Gasteiger partial charge in [-0.2, -0.15) is 5.10 Å². The van der Waals surface area contributed by atoms with Gasteiger partial charge in [0.15, 0.2) is 0 Å². The van der Waals surface area contributed by atoms with Crippen LogP contribution in [0.4, 0.5) is 5.82 Å². The van der Waals surface area contributed by atoms with E-state index in [0.717, 1.165) is 67.6 Å². The molecule has 22 heavy (non-hydrogen) atoms. The molecule has 116 valence electrons. The molecule has 2 aromatic rings. The number of rotatable bonds is 3. The van der Waals surface area contributed by atoms with Crippen molar-refractivity contribution in [3.63, 3.8) is 0 Å². The van der Waals surface area contributed by atoms with E-state index in [1.807, 2.05) is 0 Å². The highest BCUT2D eigenvalue weighted by atomic mass is 16.5. The van der Waals surface area contributed by atoms with Crippen molar-refractivity contribution in [2.75, 3.05) is 24.7 Å². The molecule has 0 amide bonds. The number of hydrogen-bond acceptors (Lipinski definition) is 6. The van der Waals surface area contributed by atoms with E-state index in [4.69, 9.17) is 4.74 Å². The van der Waals surface area contributed by atoms with Gasteiger partial charge >= 0.3 is 0 Å². The van der Waals surface area contributed by atoms with Crippen LogP contribution >= 0.6 is 0 Å². The summed E-state index contributed by atoms with van der Waals surface area (Å²) in [6.07, 6.45) is 3.55. The Kier molecular flexibility index (Phi) is 3.51. The van der Waals surface area contributed by atoms with E-state index in [2.05, 4.69) is 31.1 Å². The van der Waals surface area contributed by atoms with Crippen molar-refractivity contribution in [3.05, 3.63) is 35.0 Å². The van der Waals surface area contributed by atoms with Crippen LogP contribution in [0.15, 0.2) is 12.4 Å². The van der Waals surface area contributed by atoms with Crippen LogP contribution < -0.4 is 4.90 Å². The maximum Gasteiger partial charge on any atom is 0.132 e. The second-order valence-electron chi connectivity index (χ2n) is 5.82. The van der Waals surface area contributed by atoms with Gasteiger partial charge in [-0.05, 0) is 6.42 Å². The summed E-state index contributed by atoms with van der Waals surface area (Å²) in [7, 11) is 0. The average molecular weight is 301 g/mol. The van der Waals surface area contributed by atoms with Crippen molar-refractivity contribution in [1.82, 2.24) is 20.2 Å². The Bertz CT molecular complexity index is 652. The van der Waals surface area contributed by atoms with Crippen molar-refractivity contribution >= 4 is 5.82 Å². The van der Waals surface area contributed by atoms with Gasteiger partial charge in [0.05, 0.1) is 24.6 Å². The molecule has 2 aliphatic rings. The first-order valence-electron chi connectivity index (χ1n) is 7.65. The molecule has 7 nitrogen and oxygen atoms in total. The zero-order valence-corrected chi connectivity index (χ0v) is 12.3. The van der Waals surface area contributed by atoms with Crippen molar-refractivity contribution < 1.29 is 9.84 Å². The minimum Gasteiger partial charge on any atom is -0.390 e. The average Bonchev–Trinajstić information content (AvgIpc) is 3.24. The minimum absolute atomic E-state index is 0.0336. The molecule has 0 saturated carbocycles. The van der Waals surface area contributed by atoms with E-state index >= 15 is 0 Å². The summed E-state index contributed by atoms with van der Waals surface area (Å²) < 4.78 is 5.45. The molecule has 1 saturated heterocycles. The number of H-pyrrole nitrogens is 1. The fourth-order valence-electron chi connectivity index (χ4n) is 3.21. The number of aromatic nitrogens is 4. The Morgan fingerprint density at radius 1 is 1.41 bits per heavy atom. The van der Waals surface area contributed by atoms with Crippen LogP contribution in [0.5, 0.6) is 0 Å². The van der Waals surface area contributed by atoms with Crippen LogP contribution in [0.3, 0.4) is 0 Å². The van der Waals surface area contributed by atoms with Gasteiger partial charge in [-0.15, -0.1) is 0 Å². The van der Waals surface area contributed by atoms with Crippen LogP contribution in [-0.4, -0.2) is 45.0 Å². The quantitative estimate of drug-likeness (QED) is 0.870. The van der Waals surface area contributed by atoms with E-state index in [-0.39, 0.29) is 6.61 Å². The number of aliphatic hydroxyl groups excluding tert-OH is 1. The summed E-state index contributed by atoms with van der Waals surface area (Å²) in [6.45, 7) is 3.13. The summed E-state index contributed by atoms with van der Waals surface area (Å²) in [5.74, 6) is 1.32. The molecule has 0 spiro atoms. The molecular weight excluding hydrogens is 282 g/mol. The molecule has 2 N–H and O–H groups in total. The van der Waals surface area contributed by atoms with Gasteiger partial charge in [0, 0.05) is 49.4 Å². The second kappa shape index (κ2) is 5.66. The fourth-order valence-corrected chi connectivity index (χ4v) is 3.21. The number of aliphatic hydroxyl groups is 1. The van der Waals surface area contributed by atoms with Gasteiger partial charge in [0.25, 0.3) is 0 Å². The monoisotopic (exact) mass is 301 g/mol. The number of nitrogens with zero attached hydrogens (tertiary/aromatic N) is 4. The molecule has 0 bridgehead atoms. The smallest absolute Gasteiger partial charge is 0.132 e. The van der Waals surface area contributed by atoms with Gasteiger partial charge in [-0.3, -0.25) is 5.10 Å². The van der Waals surface area contributed by atoms with Crippen molar-refractivity contribution in [3.8, 4) is 0 Å². The molecule has 7 heteroatoms. The summed E-state index contributed by atoms with van der Waals surface area (Å²) in [5, 5.41) is 16.6. The zero-order chi connectivity index (χ0) is 14.9. The first-order chi connectivity index (χ1) is 10.8. The van der Waals surface area contributed by atoms with Crippen LogP contribution in [0.1, 0.15) is 35.0 Å². The number of nitrogens with one attached hydrogen (secondary N) is 1. The molecule has 1 atom stereocenters. The van der Waals surface area contributed by atoms with Crippen LogP contribution in [0.25, 0.3) is 0 Å². The van der Waals surface area contributed by atoms with Crippen LogP contribution in [0, 0.1) is 0 Å². The van der Waals surface area contributed by atoms with Gasteiger partial charge in [-0.25, -0.2) is 9.97 Å². The van der Waals surface area contributed by atoms with Crippen LogP contribution in [0.2, 0.25) is 0 Å². The molecule has 1 fully saturated rings. The number of anilines is 1. The lowest BCUT2D eigenvalue weighted by Gasteiger charge is -2.28. The highest BCUT2D eigenvalue weighted by Crippen LogP contribution is 2.28. The largest absolute Gasteiger partial charge is 0.390 e. The predicted octanol–water partition coefficient (Wildman–Crippen LogP) is 0.759. The third kappa shape index (κ3) is 2.36. The Morgan fingerprint density at radius 3 is 3.18 bits per heavy atom. The van der Waals surface area contributed by atoms with Gasteiger partial charge < -0.3 is 14.7 Å². The van der Waals surface area contributed by atoms with E-state index < -0.39 is 0 Å². The molecule has 0 radical (unpaired) electrons. The predicted molar refractivity (Wildman–Crippen MR) is 79.5 cm³/mol. The van der Waals surface area contributed by atoms with Crippen LogP contribution in [-0.2, 0) is 24.3 Å². The van der Waals surface area contributed by atoms with Gasteiger partial charge in [-0.1, -0.05) is 0 Å². The lowest BCUT2D eigenvalue weighted by molar-refractivity contribution is 0.193. The summed E-state index contributed by atoms with van der Waals surface area (Å²) >= 11 is 0. The lowest BCUT2D eigenvalue weighted by atomic mass is 10.0. The first kappa shape index (κ1) is 13.7.